The first kappa shape index (κ1) is 60.1. The van der Waals surface area contributed by atoms with E-state index >= 15 is 0 Å². The van der Waals surface area contributed by atoms with Crippen LogP contribution in [0.25, 0.3) is 0 Å². The number of imide groups is 4. The second-order valence-corrected chi connectivity index (χ2v) is 32.1. The topological polar surface area (TPSA) is 168 Å². The van der Waals surface area contributed by atoms with Crippen LogP contribution in [0, 0.1) is 107 Å². The third-order valence-corrected chi connectivity index (χ3v) is 27.7. The molecule has 4 saturated heterocycles. The van der Waals surface area contributed by atoms with Crippen molar-refractivity contribution in [3.8, 4) is 0 Å². The van der Waals surface area contributed by atoms with Crippen molar-refractivity contribution >= 4 is 47.3 Å². The number of ether oxygens (including phenoxy) is 2. The maximum atomic E-state index is 14.7. The van der Waals surface area contributed by atoms with E-state index in [0.717, 1.165) is 165 Å². The van der Waals surface area contributed by atoms with Gasteiger partial charge in [-0.25, -0.2) is 0 Å². The van der Waals surface area contributed by atoms with E-state index in [1.165, 1.54) is 69.1 Å². The van der Waals surface area contributed by atoms with Gasteiger partial charge in [-0.15, -0.1) is 0 Å². The number of hydrogen-bond acceptors (Lipinski definition) is 10. The maximum absolute atomic E-state index is 14.7. The van der Waals surface area contributed by atoms with Crippen LogP contribution >= 0.6 is 0 Å². The van der Waals surface area contributed by atoms with Crippen molar-refractivity contribution in [1.82, 2.24) is 19.6 Å². The number of carbonyl (C=O) groups is 8. The van der Waals surface area contributed by atoms with Crippen LogP contribution in [0.15, 0.2) is 0 Å². The van der Waals surface area contributed by atoms with Gasteiger partial charge < -0.3 is 9.47 Å². The van der Waals surface area contributed by atoms with Crippen molar-refractivity contribution in [2.24, 2.45) is 107 Å². The molecule has 0 aromatic rings. The smallest absolute Gasteiger partial charge is 0.233 e. The minimum atomic E-state index is -0.399. The van der Waals surface area contributed by atoms with E-state index in [1.807, 2.05) is 0 Å². The highest BCUT2D eigenvalue weighted by Gasteiger charge is 2.63. The van der Waals surface area contributed by atoms with Gasteiger partial charge in [0.2, 0.25) is 47.3 Å². The number of carbonyl (C=O) groups excluding carboxylic acids is 8. The van der Waals surface area contributed by atoms with Crippen LogP contribution in [0.5, 0.6) is 0 Å². The molecule has 86 heavy (non-hydrogen) atoms. The lowest BCUT2D eigenvalue weighted by molar-refractivity contribution is -0.147. The van der Waals surface area contributed by atoms with Crippen molar-refractivity contribution in [3.05, 3.63) is 0 Å². The summed E-state index contributed by atoms with van der Waals surface area (Å²) in [6.07, 6.45) is 38.5. The fourth-order valence-electron chi connectivity index (χ4n) is 23.1. The number of hydrogen-bond donors (Lipinski definition) is 0. The van der Waals surface area contributed by atoms with Crippen LogP contribution in [0.2, 0.25) is 0 Å². The summed E-state index contributed by atoms with van der Waals surface area (Å²) in [4.78, 5) is 119. The zero-order chi connectivity index (χ0) is 59.1. The van der Waals surface area contributed by atoms with Gasteiger partial charge >= 0.3 is 0 Å². The molecule has 14 nitrogen and oxygen atoms in total. The minimum Gasteiger partial charge on any atom is -0.375 e. The Morgan fingerprint density at radius 3 is 1.22 bits per heavy atom. The first-order chi connectivity index (χ1) is 41.7. The molecule has 0 aromatic carbocycles. The molecule has 12 atom stereocenters. The van der Waals surface area contributed by atoms with E-state index in [4.69, 9.17) is 9.47 Å². The van der Waals surface area contributed by atoms with Crippen LogP contribution in [0.1, 0.15) is 244 Å². The molecule has 0 aromatic heterocycles. The van der Waals surface area contributed by atoms with Crippen molar-refractivity contribution < 1.29 is 47.8 Å². The van der Waals surface area contributed by atoms with Gasteiger partial charge in [0, 0.05) is 38.5 Å². The lowest BCUT2D eigenvalue weighted by atomic mass is 9.55. The number of amides is 8. The Hall–Kier alpha value is -3.52. The second-order valence-electron chi connectivity index (χ2n) is 32.1. The van der Waals surface area contributed by atoms with Gasteiger partial charge in [-0.1, -0.05) is 45.4 Å². The molecular formula is C72H106N4O10. The molecule has 8 amide bonds. The van der Waals surface area contributed by atoms with E-state index in [1.54, 1.807) is 21.7 Å². The van der Waals surface area contributed by atoms with E-state index in [2.05, 4.69) is 6.92 Å². The summed E-state index contributed by atoms with van der Waals surface area (Å²) < 4.78 is 13.4. The largest absolute Gasteiger partial charge is 0.375 e. The summed E-state index contributed by atoms with van der Waals surface area (Å²) in [6, 6.07) is -0.142. The van der Waals surface area contributed by atoms with Gasteiger partial charge in [-0.3, -0.25) is 58.0 Å². The highest BCUT2D eigenvalue weighted by molar-refractivity contribution is 6.07. The lowest BCUT2D eigenvalue weighted by Crippen LogP contribution is -2.48. The van der Waals surface area contributed by atoms with Crippen LogP contribution < -0.4 is 0 Å². The zero-order valence-electron chi connectivity index (χ0n) is 52.6. The third-order valence-electron chi connectivity index (χ3n) is 27.7. The summed E-state index contributed by atoms with van der Waals surface area (Å²) >= 11 is 0. The fraction of sp³-hybridized carbons (Fsp3) is 0.889. The predicted octanol–water partition coefficient (Wildman–Crippen LogP) is 12.0. The Morgan fingerprint density at radius 2 is 0.744 bits per heavy atom. The summed E-state index contributed by atoms with van der Waals surface area (Å²) in [7, 11) is 1.61. The Labute approximate surface area is 513 Å². The molecule has 0 bridgehead atoms. The monoisotopic (exact) mass is 1190 g/mol. The first-order valence-electron chi connectivity index (χ1n) is 36.4. The van der Waals surface area contributed by atoms with Crippen LogP contribution in [0.4, 0.5) is 0 Å². The lowest BCUT2D eigenvalue weighted by Gasteiger charge is -2.47. The normalized spacial score (nSPS) is 46.0. The molecule has 14 heteroatoms. The van der Waals surface area contributed by atoms with Crippen molar-refractivity contribution in [1.29, 1.82) is 0 Å². The molecule has 10 saturated carbocycles. The first-order valence-corrected chi connectivity index (χ1v) is 36.4. The summed E-state index contributed by atoms with van der Waals surface area (Å²) in [5, 5.41) is 0. The van der Waals surface area contributed by atoms with Crippen LogP contribution in [-0.2, 0) is 47.8 Å². The van der Waals surface area contributed by atoms with Gasteiger partial charge in [0.05, 0.1) is 59.9 Å². The number of rotatable bonds is 13. The van der Waals surface area contributed by atoms with E-state index in [-0.39, 0.29) is 143 Å². The predicted molar refractivity (Wildman–Crippen MR) is 322 cm³/mol. The maximum Gasteiger partial charge on any atom is 0.233 e. The number of fused-ring (bicyclic) bond motifs is 6. The van der Waals surface area contributed by atoms with Gasteiger partial charge in [-0.05, 0) is 257 Å². The van der Waals surface area contributed by atoms with Gasteiger partial charge in [0.1, 0.15) is 0 Å². The van der Waals surface area contributed by atoms with Crippen LogP contribution in [-0.4, -0.2) is 117 Å². The fourth-order valence-corrected chi connectivity index (χ4v) is 23.1. The quantitative estimate of drug-likeness (QED) is 0.162. The Kier molecular flexibility index (Phi) is 17.7. The van der Waals surface area contributed by atoms with Gasteiger partial charge in [0.15, 0.2) is 0 Å². The summed E-state index contributed by atoms with van der Waals surface area (Å²) in [6.45, 7) is 2.88. The standard InChI is InChI=1S/C72H106N4O10/c1-41-11-27-49(28-12-41)85-50-29-19-45(20-30-50)46-21-31-51(32-22-46)86-52-33-25-48(26-34-52)76-64(78)39-60(70(76)82)58-37-62-66(56-10-6-4-8-54(56)58)72(84)74(68(62)80)40-44-15-13-42(14-16-44)35-43-17-23-47(24-18-43)75-63(77)38-59(69(75)81)57-36-61-65(71(83)73(2)67(61)79)55-9-5-3-7-53(55)57/h41-62,65-66H,3-40H2,1-2H3. The molecule has 14 aliphatic rings. The van der Waals surface area contributed by atoms with Gasteiger partial charge in [-0.2, -0.15) is 0 Å². The molecule has 10 aliphatic carbocycles. The van der Waals surface area contributed by atoms with E-state index in [9.17, 15) is 38.4 Å². The molecule has 4 heterocycles. The SMILES string of the molecule is CC1CCC(OC2CCC(C3CCC(OC4CCC(N5C(=O)CC(C6CC7C(=O)N(CC8CCC(CC9CCC(N%10C(=O)CC(C%11CC%12C(=O)N(C)C(=O)C%12C%12CCCCC%11%12)C%10=O)CC9)CC8)C(=O)C7C7CCCCC67)C5=O)CC4)CC3)CC2)CC1. The number of likely N-dealkylation sites (tertiary alicyclic amines) is 4. The van der Waals surface area contributed by atoms with Crippen LogP contribution in [0.3, 0.4) is 0 Å². The molecule has 0 N–H and O–H groups in total. The molecule has 4 aliphatic heterocycles. The second kappa shape index (κ2) is 25.3. The molecule has 0 radical (unpaired) electrons. The number of nitrogens with zero attached hydrogens (tertiary/aromatic N) is 4. The van der Waals surface area contributed by atoms with Crippen molar-refractivity contribution in [3.63, 3.8) is 0 Å². The molecule has 12 unspecified atom stereocenters. The minimum absolute atomic E-state index is 0.0123. The zero-order valence-corrected chi connectivity index (χ0v) is 52.6. The average Bonchev–Trinajstić information content (AvgIpc) is 1.65. The average molecular weight is 1190 g/mol. The Morgan fingerprint density at radius 1 is 0.360 bits per heavy atom. The highest BCUT2D eigenvalue weighted by atomic mass is 16.5. The van der Waals surface area contributed by atoms with Gasteiger partial charge in [0.25, 0.3) is 0 Å². The Balaban J connectivity index is 0.518. The molecular weight excluding hydrogens is 1080 g/mol. The van der Waals surface area contributed by atoms with E-state index in [0.29, 0.717) is 49.5 Å². The van der Waals surface area contributed by atoms with Crippen molar-refractivity contribution in [2.75, 3.05) is 13.6 Å². The van der Waals surface area contributed by atoms with E-state index < -0.39 is 11.8 Å². The molecule has 14 rings (SSSR count). The third kappa shape index (κ3) is 11.5. The van der Waals surface area contributed by atoms with Crippen molar-refractivity contribution in [2.45, 2.75) is 281 Å². The Bertz CT molecular complexity index is 2540. The molecule has 474 valence electrons. The molecule has 0 spiro atoms. The molecule has 14 fully saturated rings. The summed E-state index contributed by atoms with van der Waals surface area (Å²) in [5.41, 5.74) is 0. The summed E-state index contributed by atoms with van der Waals surface area (Å²) in [5.74, 6) is 2.15. The highest BCUT2D eigenvalue weighted by Crippen LogP contribution is 2.58.